The first-order valence-electron chi connectivity index (χ1n) is 8.30. The van der Waals surface area contributed by atoms with Crippen molar-refractivity contribution in [3.63, 3.8) is 0 Å². The molecule has 1 aromatic heterocycles. The number of carbonyl (C=O) groups is 1. The number of aryl methyl sites for hydroxylation is 1. The molecule has 4 nitrogen and oxygen atoms in total. The second kappa shape index (κ2) is 6.11. The fourth-order valence-electron chi connectivity index (χ4n) is 3.21. The van der Waals surface area contributed by atoms with Gasteiger partial charge in [-0.05, 0) is 49.8 Å². The molecule has 2 heterocycles. The molecule has 1 aliphatic rings. The maximum Gasteiger partial charge on any atom is 0.223 e. The molecule has 1 amide bonds. The van der Waals surface area contributed by atoms with Gasteiger partial charge in [-0.15, -0.1) is 0 Å². The third-order valence-electron chi connectivity index (χ3n) is 4.48. The van der Waals surface area contributed by atoms with E-state index in [0.717, 1.165) is 42.7 Å². The number of fused-ring (bicyclic) bond motifs is 1. The van der Waals surface area contributed by atoms with Crippen LogP contribution < -0.4 is 0 Å². The van der Waals surface area contributed by atoms with Crippen LogP contribution in [-0.4, -0.2) is 27.3 Å². The molecule has 1 aliphatic heterocycles. The van der Waals surface area contributed by atoms with E-state index in [9.17, 15) is 4.79 Å². The molecule has 0 unspecified atom stereocenters. The smallest absolute Gasteiger partial charge is 0.223 e. The zero-order chi connectivity index (χ0) is 15.7. The summed E-state index contributed by atoms with van der Waals surface area (Å²) in [6.45, 7) is 7.27. The molecule has 2 aromatic rings. The molecule has 1 fully saturated rings. The number of nitrogens with zero attached hydrogens (tertiary/aromatic N) is 2. The van der Waals surface area contributed by atoms with Crippen LogP contribution in [0.25, 0.3) is 11.0 Å². The van der Waals surface area contributed by atoms with E-state index in [-0.39, 0.29) is 11.9 Å². The summed E-state index contributed by atoms with van der Waals surface area (Å²) in [7, 11) is 0. The quantitative estimate of drug-likeness (QED) is 0.928. The average molecular weight is 299 g/mol. The fourth-order valence-corrected chi connectivity index (χ4v) is 3.21. The Balaban J connectivity index is 1.80. The zero-order valence-corrected chi connectivity index (χ0v) is 13.7. The lowest BCUT2D eigenvalue weighted by Gasteiger charge is -2.23. The van der Waals surface area contributed by atoms with Crippen molar-refractivity contribution >= 4 is 16.9 Å². The first-order chi connectivity index (χ1) is 10.5. The third kappa shape index (κ3) is 3.01. The van der Waals surface area contributed by atoms with Gasteiger partial charge in [-0.3, -0.25) is 4.79 Å². The number of likely N-dealkylation sites (tertiary alicyclic amines) is 1. The topological polar surface area (TPSA) is 49.0 Å². The Kier molecular flexibility index (Phi) is 4.19. The molecule has 0 spiro atoms. The number of hydrogen-bond donors (Lipinski definition) is 1. The van der Waals surface area contributed by atoms with E-state index in [2.05, 4.69) is 37.9 Å². The lowest BCUT2D eigenvalue weighted by Crippen LogP contribution is -2.31. The summed E-state index contributed by atoms with van der Waals surface area (Å²) in [5.41, 5.74) is 3.28. The minimum atomic E-state index is 0.118. The number of nitrogens with one attached hydrogen (secondary N) is 1. The summed E-state index contributed by atoms with van der Waals surface area (Å²) < 4.78 is 0. The number of amides is 1. The Morgan fingerprint density at radius 2 is 2.27 bits per heavy atom. The molecule has 3 rings (SSSR count). The molecular weight excluding hydrogens is 274 g/mol. The van der Waals surface area contributed by atoms with Gasteiger partial charge in [0, 0.05) is 13.0 Å². The van der Waals surface area contributed by atoms with Gasteiger partial charge in [0.05, 0.1) is 17.1 Å². The highest BCUT2D eigenvalue weighted by molar-refractivity contribution is 5.78. The van der Waals surface area contributed by atoms with Crippen molar-refractivity contribution in [1.82, 2.24) is 14.9 Å². The predicted molar refractivity (Wildman–Crippen MR) is 88.6 cm³/mol. The Morgan fingerprint density at radius 3 is 3.05 bits per heavy atom. The minimum Gasteiger partial charge on any atom is -0.340 e. The molecular formula is C18H25N3O. The molecule has 0 aliphatic carbocycles. The van der Waals surface area contributed by atoms with Crippen LogP contribution in [0.3, 0.4) is 0 Å². The average Bonchev–Trinajstić information content (AvgIpc) is 3.09. The van der Waals surface area contributed by atoms with Crippen molar-refractivity contribution in [2.75, 3.05) is 6.54 Å². The lowest BCUT2D eigenvalue weighted by atomic mass is 10.1. The van der Waals surface area contributed by atoms with Crippen LogP contribution in [0.15, 0.2) is 18.2 Å². The van der Waals surface area contributed by atoms with Gasteiger partial charge in [-0.25, -0.2) is 4.98 Å². The molecule has 118 valence electrons. The van der Waals surface area contributed by atoms with Crippen LogP contribution in [0.2, 0.25) is 0 Å². The van der Waals surface area contributed by atoms with Crippen LogP contribution in [-0.2, 0) is 4.79 Å². The number of aromatic nitrogens is 2. The molecule has 1 N–H and O–H groups in total. The van der Waals surface area contributed by atoms with E-state index < -0.39 is 0 Å². The van der Waals surface area contributed by atoms with Crippen LogP contribution in [0.1, 0.15) is 57.0 Å². The highest BCUT2D eigenvalue weighted by Crippen LogP contribution is 2.32. The number of imidazole rings is 1. The number of benzene rings is 1. The predicted octanol–water partition coefficient (Wildman–Crippen LogP) is 3.97. The molecule has 4 heteroatoms. The third-order valence-corrected chi connectivity index (χ3v) is 4.48. The molecule has 22 heavy (non-hydrogen) atoms. The largest absolute Gasteiger partial charge is 0.340 e. The van der Waals surface area contributed by atoms with Gasteiger partial charge in [0.1, 0.15) is 5.82 Å². The molecule has 1 aromatic carbocycles. The van der Waals surface area contributed by atoms with Gasteiger partial charge in [0.25, 0.3) is 0 Å². The van der Waals surface area contributed by atoms with E-state index in [0.29, 0.717) is 12.3 Å². The Bertz CT molecular complexity index is 674. The van der Waals surface area contributed by atoms with E-state index >= 15 is 0 Å². The molecule has 1 saturated heterocycles. The Labute approximate surface area is 131 Å². The van der Waals surface area contributed by atoms with Crippen LogP contribution >= 0.6 is 0 Å². The van der Waals surface area contributed by atoms with Crippen molar-refractivity contribution in [2.24, 2.45) is 5.92 Å². The van der Waals surface area contributed by atoms with Crippen molar-refractivity contribution in [1.29, 1.82) is 0 Å². The van der Waals surface area contributed by atoms with Gasteiger partial charge in [0.2, 0.25) is 5.91 Å². The zero-order valence-electron chi connectivity index (χ0n) is 13.7. The fraction of sp³-hybridized carbons (Fsp3) is 0.556. The summed E-state index contributed by atoms with van der Waals surface area (Å²) in [5.74, 6) is 1.78. The molecule has 1 atom stereocenters. The summed E-state index contributed by atoms with van der Waals surface area (Å²) in [6, 6.07) is 6.36. The van der Waals surface area contributed by atoms with Crippen LogP contribution in [0, 0.1) is 12.8 Å². The molecule has 0 radical (unpaired) electrons. The van der Waals surface area contributed by atoms with Crippen molar-refractivity contribution in [2.45, 2.75) is 52.5 Å². The van der Waals surface area contributed by atoms with Crippen molar-refractivity contribution in [3.8, 4) is 0 Å². The second-order valence-electron chi connectivity index (χ2n) is 6.82. The van der Waals surface area contributed by atoms with Gasteiger partial charge >= 0.3 is 0 Å². The SMILES string of the molecule is Cc1ccc2nc([C@H]3CCCN3C(=O)CCC(C)C)[nH]c2c1. The Morgan fingerprint density at radius 1 is 1.45 bits per heavy atom. The van der Waals surface area contributed by atoms with Gasteiger partial charge < -0.3 is 9.88 Å². The number of aromatic amines is 1. The first kappa shape index (κ1) is 15.1. The summed E-state index contributed by atoms with van der Waals surface area (Å²) in [5, 5.41) is 0. The number of rotatable bonds is 4. The minimum absolute atomic E-state index is 0.118. The summed E-state index contributed by atoms with van der Waals surface area (Å²) in [4.78, 5) is 22.6. The second-order valence-corrected chi connectivity index (χ2v) is 6.82. The summed E-state index contributed by atoms with van der Waals surface area (Å²) >= 11 is 0. The molecule has 0 bridgehead atoms. The van der Waals surface area contributed by atoms with E-state index in [1.54, 1.807) is 0 Å². The maximum atomic E-state index is 12.5. The number of carbonyl (C=O) groups excluding carboxylic acids is 1. The monoisotopic (exact) mass is 299 g/mol. The standard InChI is InChI=1S/C18H25N3O/c1-12(2)6-9-17(22)21-10-4-5-16(21)18-19-14-8-7-13(3)11-15(14)20-18/h7-8,11-12,16H,4-6,9-10H2,1-3H3,(H,19,20)/t16-/m1/s1. The van der Waals surface area contributed by atoms with Gasteiger partial charge in [0.15, 0.2) is 0 Å². The maximum absolute atomic E-state index is 12.5. The number of hydrogen-bond acceptors (Lipinski definition) is 2. The summed E-state index contributed by atoms with van der Waals surface area (Å²) in [6.07, 6.45) is 3.68. The number of H-pyrrole nitrogens is 1. The van der Waals surface area contributed by atoms with Crippen LogP contribution in [0.4, 0.5) is 0 Å². The highest BCUT2D eigenvalue weighted by atomic mass is 16.2. The first-order valence-corrected chi connectivity index (χ1v) is 8.30. The van der Waals surface area contributed by atoms with E-state index in [1.807, 2.05) is 11.0 Å². The lowest BCUT2D eigenvalue weighted by molar-refractivity contribution is -0.132. The van der Waals surface area contributed by atoms with Gasteiger partial charge in [-0.2, -0.15) is 0 Å². The van der Waals surface area contributed by atoms with Crippen LogP contribution in [0.5, 0.6) is 0 Å². The van der Waals surface area contributed by atoms with E-state index in [1.165, 1.54) is 5.56 Å². The normalized spacial score (nSPS) is 18.5. The van der Waals surface area contributed by atoms with Crippen molar-refractivity contribution < 1.29 is 4.79 Å². The van der Waals surface area contributed by atoms with Crippen molar-refractivity contribution in [3.05, 3.63) is 29.6 Å². The Hall–Kier alpha value is -1.84. The highest BCUT2D eigenvalue weighted by Gasteiger charge is 2.31. The van der Waals surface area contributed by atoms with E-state index in [4.69, 9.17) is 4.98 Å². The van der Waals surface area contributed by atoms with Gasteiger partial charge in [-0.1, -0.05) is 19.9 Å². The molecule has 0 saturated carbocycles.